The molecule has 9 nitrogen and oxygen atoms in total. The van der Waals surface area contributed by atoms with Crippen molar-refractivity contribution in [2.24, 2.45) is 0 Å². The molecule has 0 spiro atoms. The fourth-order valence-corrected chi connectivity index (χ4v) is 3.26. The normalized spacial score (nSPS) is 11.8. The lowest BCUT2D eigenvalue weighted by Crippen LogP contribution is -2.29. The summed E-state index contributed by atoms with van der Waals surface area (Å²) in [4.78, 5) is 34.7. The lowest BCUT2D eigenvalue weighted by Gasteiger charge is -2.13. The quantitative estimate of drug-likeness (QED) is 0.321. The molecule has 2 N–H and O–H groups in total. The van der Waals surface area contributed by atoms with Crippen LogP contribution < -0.4 is 15.7 Å². The molecule has 1 amide bonds. The van der Waals surface area contributed by atoms with Crippen molar-refractivity contribution in [3.05, 3.63) is 79.7 Å². The van der Waals surface area contributed by atoms with Crippen LogP contribution in [0.4, 0.5) is 5.69 Å². The number of nitrogens with zero attached hydrogens (tertiary/aromatic N) is 1. The second-order valence-electron chi connectivity index (χ2n) is 7.02. The van der Waals surface area contributed by atoms with E-state index in [-0.39, 0.29) is 31.0 Å². The number of aliphatic hydroxyl groups is 1. The number of aliphatic hydroxyl groups excluding tert-OH is 1. The Labute approximate surface area is 177 Å². The van der Waals surface area contributed by atoms with Gasteiger partial charge in [0.15, 0.2) is 0 Å². The zero-order valence-electron chi connectivity index (χ0n) is 17.1. The molecule has 1 unspecified atom stereocenters. The summed E-state index contributed by atoms with van der Waals surface area (Å²) in [6.07, 6.45) is -0.775. The molecule has 1 aromatic heterocycles. The predicted molar refractivity (Wildman–Crippen MR) is 113 cm³/mol. The number of carbonyl (C=O) groups is 1. The van der Waals surface area contributed by atoms with Crippen LogP contribution in [0.2, 0.25) is 0 Å². The minimum atomic E-state index is -1.01. The molecule has 0 bridgehead atoms. The van der Waals surface area contributed by atoms with Crippen molar-refractivity contribution in [2.75, 3.05) is 13.7 Å². The first-order valence-corrected chi connectivity index (χ1v) is 9.59. The van der Waals surface area contributed by atoms with Gasteiger partial charge in [0.05, 0.1) is 18.1 Å². The topological polar surface area (TPSA) is 132 Å². The molecule has 0 aliphatic carbocycles. The largest absolute Gasteiger partial charge is 0.497 e. The first-order chi connectivity index (χ1) is 14.8. The highest BCUT2D eigenvalue weighted by atomic mass is 16.6. The number of nitrogens with one attached hydrogen (secondary N) is 1. The van der Waals surface area contributed by atoms with Gasteiger partial charge in [0.1, 0.15) is 11.3 Å². The molecule has 2 aromatic carbocycles. The van der Waals surface area contributed by atoms with Crippen molar-refractivity contribution in [3.8, 4) is 5.75 Å². The fourth-order valence-electron chi connectivity index (χ4n) is 3.26. The number of benzene rings is 2. The summed E-state index contributed by atoms with van der Waals surface area (Å²) in [5.41, 5.74) is 1.45. The third-order valence-corrected chi connectivity index (χ3v) is 5.08. The number of carbonyl (C=O) groups excluding carboxylic acids is 1. The highest BCUT2D eigenvalue weighted by molar-refractivity contribution is 5.82. The minimum Gasteiger partial charge on any atom is -0.497 e. The maximum absolute atomic E-state index is 12.4. The molecular formula is C22H22N2O7. The number of hydrogen-bond donors (Lipinski definition) is 2. The van der Waals surface area contributed by atoms with Crippen LogP contribution in [0.5, 0.6) is 5.75 Å². The Hall–Kier alpha value is -3.72. The third kappa shape index (κ3) is 5.07. The highest BCUT2D eigenvalue weighted by Gasteiger charge is 2.15. The molecule has 0 aliphatic heterocycles. The van der Waals surface area contributed by atoms with E-state index in [2.05, 4.69) is 5.32 Å². The van der Waals surface area contributed by atoms with E-state index in [9.17, 15) is 24.8 Å². The maximum Gasteiger partial charge on any atom is 0.339 e. The van der Waals surface area contributed by atoms with E-state index < -0.39 is 16.7 Å². The van der Waals surface area contributed by atoms with E-state index in [1.807, 2.05) is 0 Å². The fraction of sp³-hybridized carbons (Fsp3) is 0.273. The number of nitro groups is 1. The number of non-ortho nitro benzene ring substituents is 1. The van der Waals surface area contributed by atoms with E-state index in [4.69, 9.17) is 9.15 Å². The SMILES string of the molecule is COc1ccc2c(C)c(CCC(=O)NCC(O)c3ccc([N+](=O)[O-])cc3)c(=O)oc2c1. The van der Waals surface area contributed by atoms with Crippen molar-refractivity contribution in [3.63, 3.8) is 0 Å². The molecule has 1 atom stereocenters. The summed E-state index contributed by atoms with van der Waals surface area (Å²) in [6.45, 7) is 1.75. The van der Waals surface area contributed by atoms with Gasteiger partial charge < -0.3 is 19.6 Å². The van der Waals surface area contributed by atoms with E-state index >= 15 is 0 Å². The van der Waals surface area contributed by atoms with E-state index in [1.54, 1.807) is 25.1 Å². The Morgan fingerprint density at radius 2 is 1.97 bits per heavy atom. The standard InChI is InChI=1S/C22H22N2O7/c1-13-17-8-7-16(30-2)11-20(17)31-22(27)18(13)9-10-21(26)23-12-19(25)14-3-5-15(6-4-14)24(28)29/h3-8,11,19,25H,9-10,12H2,1-2H3,(H,23,26). The number of methoxy groups -OCH3 is 1. The molecule has 31 heavy (non-hydrogen) atoms. The Kier molecular flexibility index (Phi) is 6.66. The van der Waals surface area contributed by atoms with Gasteiger partial charge in [0, 0.05) is 42.1 Å². The second-order valence-corrected chi connectivity index (χ2v) is 7.02. The average Bonchev–Trinajstić information content (AvgIpc) is 2.76. The number of nitro benzene ring substituents is 1. The lowest BCUT2D eigenvalue weighted by molar-refractivity contribution is -0.384. The number of hydrogen-bond acceptors (Lipinski definition) is 7. The van der Waals surface area contributed by atoms with Crippen LogP contribution in [0.15, 0.2) is 51.7 Å². The van der Waals surface area contributed by atoms with Gasteiger partial charge in [-0.25, -0.2) is 4.79 Å². The molecule has 3 rings (SSSR count). The minimum absolute atomic E-state index is 0.0419. The number of amides is 1. The molecule has 1 heterocycles. The summed E-state index contributed by atoms with van der Waals surface area (Å²) in [7, 11) is 1.53. The first-order valence-electron chi connectivity index (χ1n) is 9.59. The zero-order valence-corrected chi connectivity index (χ0v) is 17.1. The number of aryl methyl sites for hydroxylation is 1. The van der Waals surface area contributed by atoms with Gasteiger partial charge in [-0.15, -0.1) is 0 Å². The second kappa shape index (κ2) is 9.40. The number of fused-ring (bicyclic) bond motifs is 1. The van der Waals surface area contributed by atoms with Crippen LogP contribution in [0.25, 0.3) is 11.0 Å². The van der Waals surface area contributed by atoms with Crippen molar-refractivity contribution in [2.45, 2.75) is 25.9 Å². The Balaban J connectivity index is 1.61. The van der Waals surface area contributed by atoms with Crippen molar-refractivity contribution >= 4 is 22.6 Å². The van der Waals surface area contributed by atoms with Crippen molar-refractivity contribution < 1.29 is 24.0 Å². The molecule has 0 aliphatic rings. The predicted octanol–water partition coefficient (Wildman–Crippen LogP) is 2.80. The van der Waals surface area contributed by atoms with Crippen LogP contribution in [0.1, 0.15) is 29.2 Å². The molecule has 3 aromatic rings. The Morgan fingerprint density at radius 3 is 2.61 bits per heavy atom. The van der Waals surface area contributed by atoms with Crippen molar-refractivity contribution in [1.82, 2.24) is 5.32 Å². The summed E-state index contributed by atoms with van der Waals surface area (Å²) < 4.78 is 10.5. The Bertz CT molecular complexity index is 1170. The smallest absolute Gasteiger partial charge is 0.339 e. The summed E-state index contributed by atoms with van der Waals surface area (Å²) in [6, 6.07) is 10.7. The van der Waals surface area contributed by atoms with E-state index in [0.29, 0.717) is 22.5 Å². The van der Waals surface area contributed by atoms with Crippen LogP contribution in [0, 0.1) is 17.0 Å². The van der Waals surface area contributed by atoms with Gasteiger partial charge in [0.25, 0.3) is 5.69 Å². The molecule has 0 radical (unpaired) electrons. The maximum atomic E-state index is 12.4. The van der Waals surface area contributed by atoms with Gasteiger partial charge in [-0.05, 0) is 48.7 Å². The molecule has 0 fully saturated rings. The van der Waals surface area contributed by atoms with Gasteiger partial charge in [-0.3, -0.25) is 14.9 Å². The van der Waals surface area contributed by atoms with Crippen LogP contribution in [0.3, 0.4) is 0 Å². The average molecular weight is 426 g/mol. The van der Waals surface area contributed by atoms with Crippen LogP contribution in [-0.2, 0) is 11.2 Å². The molecular weight excluding hydrogens is 404 g/mol. The van der Waals surface area contributed by atoms with Crippen molar-refractivity contribution in [1.29, 1.82) is 0 Å². The summed E-state index contributed by atoms with van der Waals surface area (Å²) >= 11 is 0. The monoisotopic (exact) mass is 426 g/mol. The van der Waals surface area contributed by atoms with Gasteiger partial charge >= 0.3 is 5.63 Å². The van der Waals surface area contributed by atoms with Gasteiger partial charge in [0.2, 0.25) is 5.91 Å². The zero-order chi connectivity index (χ0) is 22.5. The highest BCUT2D eigenvalue weighted by Crippen LogP contribution is 2.24. The lowest BCUT2D eigenvalue weighted by atomic mass is 10.0. The first kappa shape index (κ1) is 22.0. The van der Waals surface area contributed by atoms with Gasteiger partial charge in [-0.1, -0.05) is 0 Å². The number of rotatable bonds is 8. The summed E-state index contributed by atoms with van der Waals surface area (Å²) in [5, 5.41) is 24.2. The molecule has 0 saturated heterocycles. The summed E-state index contributed by atoms with van der Waals surface area (Å²) in [5.74, 6) is 0.239. The van der Waals surface area contributed by atoms with E-state index in [1.165, 1.54) is 31.4 Å². The van der Waals surface area contributed by atoms with Crippen LogP contribution >= 0.6 is 0 Å². The van der Waals surface area contributed by atoms with Crippen LogP contribution in [-0.4, -0.2) is 29.6 Å². The molecule has 162 valence electrons. The molecule has 9 heteroatoms. The van der Waals surface area contributed by atoms with Gasteiger partial charge in [-0.2, -0.15) is 0 Å². The number of ether oxygens (including phenoxy) is 1. The Morgan fingerprint density at radius 1 is 1.26 bits per heavy atom. The molecule has 0 saturated carbocycles. The third-order valence-electron chi connectivity index (χ3n) is 5.08. The van der Waals surface area contributed by atoms with E-state index in [0.717, 1.165) is 10.9 Å².